The van der Waals surface area contributed by atoms with Crippen LogP contribution in [0, 0.1) is 0 Å². The van der Waals surface area contributed by atoms with Crippen molar-refractivity contribution in [2.75, 3.05) is 14.2 Å². The Kier molecular flexibility index (Phi) is 4.00. The summed E-state index contributed by atoms with van der Waals surface area (Å²) in [5, 5.41) is 27.9. The van der Waals surface area contributed by atoms with Crippen molar-refractivity contribution >= 4 is 5.97 Å². The number of rotatable bonds is 2. The molecule has 1 aliphatic heterocycles. The van der Waals surface area contributed by atoms with Gasteiger partial charge in [0.1, 0.15) is 18.3 Å². The molecule has 1 heterocycles. The van der Waals surface area contributed by atoms with Gasteiger partial charge in [0.05, 0.1) is 7.11 Å². The fourth-order valence-electron chi connectivity index (χ4n) is 1.42. The molecule has 0 aromatic rings. The lowest BCUT2D eigenvalue weighted by Gasteiger charge is -2.38. The quantitative estimate of drug-likeness (QED) is 0.448. The molecule has 2 unspecified atom stereocenters. The van der Waals surface area contributed by atoms with Crippen LogP contribution in [0.15, 0.2) is 0 Å². The van der Waals surface area contributed by atoms with Crippen LogP contribution < -0.4 is 0 Å². The second-order valence-corrected chi connectivity index (χ2v) is 3.15. The second-order valence-electron chi connectivity index (χ2n) is 3.15. The number of esters is 1. The fraction of sp³-hybridized carbons (Fsp3) is 0.875. The molecule has 15 heavy (non-hydrogen) atoms. The van der Waals surface area contributed by atoms with Crippen LogP contribution in [0.5, 0.6) is 0 Å². The lowest BCUT2D eigenvalue weighted by atomic mass is 9.99. The van der Waals surface area contributed by atoms with Crippen molar-refractivity contribution in [3.05, 3.63) is 0 Å². The van der Waals surface area contributed by atoms with Gasteiger partial charge in [-0.15, -0.1) is 0 Å². The zero-order chi connectivity index (χ0) is 11.6. The van der Waals surface area contributed by atoms with E-state index in [0.717, 1.165) is 7.11 Å². The molecule has 3 N–H and O–H groups in total. The van der Waals surface area contributed by atoms with Crippen LogP contribution in [0.1, 0.15) is 0 Å². The van der Waals surface area contributed by atoms with Crippen LogP contribution in [0.3, 0.4) is 0 Å². The van der Waals surface area contributed by atoms with Gasteiger partial charge in [-0.1, -0.05) is 0 Å². The summed E-state index contributed by atoms with van der Waals surface area (Å²) in [6.45, 7) is 0. The molecule has 0 spiro atoms. The van der Waals surface area contributed by atoms with Crippen LogP contribution in [-0.4, -0.2) is 66.2 Å². The van der Waals surface area contributed by atoms with Crippen molar-refractivity contribution in [3.63, 3.8) is 0 Å². The van der Waals surface area contributed by atoms with E-state index in [2.05, 4.69) is 4.74 Å². The van der Waals surface area contributed by atoms with Gasteiger partial charge in [-0.05, 0) is 0 Å². The Morgan fingerprint density at radius 1 is 1.20 bits per heavy atom. The Balaban J connectivity index is 2.82. The molecule has 0 radical (unpaired) electrons. The average molecular weight is 222 g/mol. The van der Waals surface area contributed by atoms with Gasteiger partial charge < -0.3 is 29.5 Å². The van der Waals surface area contributed by atoms with Crippen molar-refractivity contribution in [2.24, 2.45) is 0 Å². The molecule has 1 aliphatic rings. The summed E-state index contributed by atoms with van der Waals surface area (Å²) in [6.07, 6.45) is -6.90. The van der Waals surface area contributed by atoms with E-state index in [4.69, 9.17) is 9.47 Å². The summed E-state index contributed by atoms with van der Waals surface area (Å²) in [6, 6.07) is 0. The molecule has 0 bridgehead atoms. The van der Waals surface area contributed by atoms with E-state index < -0.39 is 36.7 Å². The topological polar surface area (TPSA) is 105 Å². The van der Waals surface area contributed by atoms with E-state index in [1.54, 1.807) is 0 Å². The first-order chi connectivity index (χ1) is 7.02. The number of hydrogen-bond acceptors (Lipinski definition) is 7. The number of aliphatic hydroxyl groups excluding tert-OH is 3. The summed E-state index contributed by atoms with van der Waals surface area (Å²) in [4.78, 5) is 11.2. The summed E-state index contributed by atoms with van der Waals surface area (Å²) >= 11 is 0. The van der Waals surface area contributed by atoms with Gasteiger partial charge in [-0.2, -0.15) is 0 Å². The molecule has 88 valence electrons. The molecule has 1 rings (SSSR count). The molecular weight excluding hydrogens is 208 g/mol. The Morgan fingerprint density at radius 2 is 1.80 bits per heavy atom. The Bertz CT molecular complexity index is 231. The maximum absolute atomic E-state index is 11.2. The van der Waals surface area contributed by atoms with Crippen molar-refractivity contribution in [2.45, 2.75) is 30.7 Å². The van der Waals surface area contributed by atoms with E-state index in [0.29, 0.717) is 0 Å². The van der Waals surface area contributed by atoms with Crippen LogP contribution in [0.25, 0.3) is 0 Å². The van der Waals surface area contributed by atoms with Gasteiger partial charge in [0, 0.05) is 7.11 Å². The lowest BCUT2D eigenvalue weighted by molar-refractivity contribution is -0.284. The third kappa shape index (κ3) is 2.27. The predicted molar refractivity (Wildman–Crippen MR) is 45.7 cm³/mol. The first-order valence-electron chi connectivity index (χ1n) is 4.33. The van der Waals surface area contributed by atoms with Crippen LogP contribution in [-0.2, 0) is 19.0 Å². The summed E-state index contributed by atoms with van der Waals surface area (Å²) in [5.74, 6) is -0.785. The zero-order valence-electron chi connectivity index (χ0n) is 8.36. The largest absolute Gasteiger partial charge is 0.467 e. The zero-order valence-corrected chi connectivity index (χ0v) is 8.36. The van der Waals surface area contributed by atoms with Gasteiger partial charge in [-0.3, -0.25) is 0 Å². The SMILES string of the molecule is COC(=O)[C@@H]1O[C@H](O)C(O)C(O)[C@@H]1OC. The lowest BCUT2D eigenvalue weighted by Crippen LogP contribution is -2.60. The maximum Gasteiger partial charge on any atom is 0.337 e. The van der Waals surface area contributed by atoms with Gasteiger partial charge in [0.2, 0.25) is 0 Å². The third-order valence-electron chi connectivity index (χ3n) is 2.27. The molecule has 1 fully saturated rings. The molecular formula is C8H14O7. The van der Waals surface area contributed by atoms with Crippen molar-refractivity contribution in [1.82, 2.24) is 0 Å². The number of ether oxygens (including phenoxy) is 3. The molecule has 0 saturated carbocycles. The fourth-order valence-corrected chi connectivity index (χ4v) is 1.42. The van der Waals surface area contributed by atoms with E-state index in [9.17, 15) is 20.1 Å². The molecule has 0 aromatic heterocycles. The molecule has 0 aromatic carbocycles. The first-order valence-corrected chi connectivity index (χ1v) is 4.33. The van der Waals surface area contributed by atoms with E-state index >= 15 is 0 Å². The van der Waals surface area contributed by atoms with E-state index in [1.165, 1.54) is 7.11 Å². The van der Waals surface area contributed by atoms with Crippen LogP contribution in [0.4, 0.5) is 0 Å². The third-order valence-corrected chi connectivity index (χ3v) is 2.27. The molecule has 7 heteroatoms. The predicted octanol–water partition coefficient (Wildman–Crippen LogP) is -2.39. The molecule has 0 amide bonds. The average Bonchev–Trinajstić information content (AvgIpc) is 2.24. The summed E-state index contributed by atoms with van der Waals surface area (Å²) in [5.41, 5.74) is 0. The number of hydrogen-bond donors (Lipinski definition) is 3. The molecule has 7 nitrogen and oxygen atoms in total. The number of carbonyl (C=O) groups excluding carboxylic acids is 1. The first kappa shape index (κ1) is 12.3. The van der Waals surface area contributed by atoms with Crippen molar-refractivity contribution in [1.29, 1.82) is 0 Å². The second kappa shape index (κ2) is 4.86. The normalized spacial score (nSPS) is 41.3. The minimum Gasteiger partial charge on any atom is -0.467 e. The standard InChI is InChI=1S/C8H14O7/c1-13-5-3(9)4(10)7(11)15-6(5)8(12)14-2/h3-7,9-11H,1-2H3/t3?,4?,5-,6+,7-/m0/s1. The number of aliphatic hydroxyl groups is 3. The van der Waals surface area contributed by atoms with Gasteiger partial charge in [0.25, 0.3) is 0 Å². The summed E-state index contributed by atoms with van der Waals surface area (Å²) in [7, 11) is 2.39. The highest BCUT2D eigenvalue weighted by Gasteiger charge is 2.47. The molecule has 1 saturated heterocycles. The van der Waals surface area contributed by atoms with Crippen molar-refractivity contribution < 1.29 is 34.3 Å². The Labute approximate surface area is 86.2 Å². The van der Waals surface area contributed by atoms with Gasteiger partial charge >= 0.3 is 5.97 Å². The van der Waals surface area contributed by atoms with Crippen LogP contribution in [0.2, 0.25) is 0 Å². The summed E-state index contributed by atoms with van der Waals surface area (Å²) < 4.78 is 14.0. The molecule has 0 aliphatic carbocycles. The highest BCUT2D eigenvalue weighted by atomic mass is 16.7. The molecule has 5 atom stereocenters. The maximum atomic E-state index is 11.2. The van der Waals surface area contributed by atoms with Crippen molar-refractivity contribution in [3.8, 4) is 0 Å². The van der Waals surface area contributed by atoms with Crippen LogP contribution >= 0.6 is 0 Å². The number of carbonyl (C=O) groups is 1. The van der Waals surface area contributed by atoms with E-state index in [-0.39, 0.29) is 0 Å². The monoisotopic (exact) mass is 222 g/mol. The van der Waals surface area contributed by atoms with Gasteiger partial charge in [0.15, 0.2) is 12.4 Å². The highest BCUT2D eigenvalue weighted by molar-refractivity contribution is 5.75. The highest BCUT2D eigenvalue weighted by Crippen LogP contribution is 2.22. The Hall–Kier alpha value is -0.730. The minimum absolute atomic E-state index is 0.785. The van der Waals surface area contributed by atoms with Gasteiger partial charge in [-0.25, -0.2) is 4.79 Å². The smallest absolute Gasteiger partial charge is 0.337 e. The number of methoxy groups -OCH3 is 2. The minimum atomic E-state index is -1.64. The van der Waals surface area contributed by atoms with E-state index in [1.807, 2.05) is 0 Å². The Morgan fingerprint density at radius 3 is 2.27 bits per heavy atom.